The molecule has 0 bridgehead atoms. The lowest BCUT2D eigenvalue weighted by Gasteiger charge is -2.32. The van der Waals surface area contributed by atoms with Gasteiger partial charge < -0.3 is 15.3 Å². The summed E-state index contributed by atoms with van der Waals surface area (Å²) in [5, 5.41) is 13.5. The second-order valence-corrected chi connectivity index (χ2v) is 8.52. The summed E-state index contributed by atoms with van der Waals surface area (Å²) in [5.41, 5.74) is 2.90. The van der Waals surface area contributed by atoms with Gasteiger partial charge in [0, 0.05) is 51.2 Å². The first-order valence-electron chi connectivity index (χ1n) is 10.4. The van der Waals surface area contributed by atoms with Crippen LogP contribution in [0.25, 0.3) is 11.3 Å². The second kappa shape index (κ2) is 9.34. The highest BCUT2D eigenvalue weighted by molar-refractivity contribution is 6.28. The van der Waals surface area contributed by atoms with Gasteiger partial charge in [-0.3, -0.25) is 9.88 Å². The Bertz CT molecular complexity index is 801. The molecule has 0 aromatic carbocycles. The van der Waals surface area contributed by atoms with Crippen molar-refractivity contribution in [2.45, 2.75) is 44.4 Å². The SMILES string of the molecule is CN1CCN(Cc2ccc(-c3cnc(Cl)nc3N[C@H]3CC[C@H](O)CC3)nc2)CC1. The van der Waals surface area contributed by atoms with Gasteiger partial charge in [0.2, 0.25) is 5.28 Å². The van der Waals surface area contributed by atoms with E-state index < -0.39 is 0 Å². The summed E-state index contributed by atoms with van der Waals surface area (Å²) >= 11 is 6.06. The highest BCUT2D eigenvalue weighted by atomic mass is 35.5. The second-order valence-electron chi connectivity index (χ2n) is 8.18. The molecule has 0 atom stereocenters. The smallest absolute Gasteiger partial charge is 0.224 e. The fourth-order valence-electron chi connectivity index (χ4n) is 4.01. The highest BCUT2D eigenvalue weighted by Crippen LogP contribution is 2.29. The maximum Gasteiger partial charge on any atom is 0.224 e. The summed E-state index contributed by atoms with van der Waals surface area (Å²) in [6, 6.07) is 4.45. The van der Waals surface area contributed by atoms with Crippen LogP contribution in [0.2, 0.25) is 5.28 Å². The van der Waals surface area contributed by atoms with Crippen LogP contribution in [0.4, 0.5) is 5.82 Å². The molecule has 3 heterocycles. The quantitative estimate of drug-likeness (QED) is 0.725. The number of likely N-dealkylation sites (N-methyl/N-ethyl adjacent to an activating group) is 1. The summed E-state index contributed by atoms with van der Waals surface area (Å²) in [6.07, 6.45) is 6.95. The number of aliphatic hydroxyl groups excluding tert-OH is 1. The van der Waals surface area contributed by atoms with Gasteiger partial charge in [-0.05, 0) is 56.0 Å². The van der Waals surface area contributed by atoms with Crippen molar-refractivity contribution in [2.24, 2.45) is 0 Å². The minimum absolute atomic E-state index is 0.184. The molecule has 8 heteroatoms. The first-order valence-corrected chi connectivity index (χ1v) is 10.8. The predicted octanol–water partition coefficient (Wildman–Crippen LogP) is 2.65. The Labute approximate surface area is 177 Å². The molecule has 0 radical (unpaired) electrons. The van der Waals surface area contributed by atoms with Gasteiger partial charge in [0.25, 0.3) is 0 Å². The van der Waals surface area contributed by atoms with Crippen LogP contribution in [-0.4, -0.2) is 75.2 Å². The largest absolute Gasteiger partial charge is 0.393 e. The van der Waals surface area contributed by atoms with Crippen molar-refractivity contribution in [1.82, 2.24) is 24.8 Å². The van der Waals surface area contributed by atoms with E-state index in [1.807, 2.05) is 12.3 Å². The van der Waals surface area contributed by atoms with E-state index >= 15 is 0 Å². The monoisotopic (exact) mass is 416 g/mol. The lowest BCUT2D eigenvalue weighted by molar-refractivity contribution is 0.126. The van der Waals surface area contributed by atoms with Crippen LogP contribution in [0.1, 0.15) is 31.2 Å². The van der Waals surface area contributed by atoms with Gasteiger partial charge >= 0.3 is 0 Å². The van der Waals surface area contributed by atoms with Crippen molar-refractivity contribution in [3.05, 3.63) is 35.4 Å². The molecule has 2 fully saturated rings. The van der Waals surface area contributed by atoms with Crippen LogP contribution < -0.4 is 5.32 Å². The van der Waals surface area contributed by atoms with E-state index in [0.29, 0.717) is 5.82 Å². The van der Waals surface area contributed by atoms with Crippen molar-refractivity contribution in [3.8, 4) is 11.3 Å². The number of aliphatic hydroxyl groups is 1. The molecule has 1 saturated heterocycles. The predicted molar refractivity (Wildman–Crippen MR) is 115 cm³/mol. The van der Waals surface area contributed by atoms with Gasteiger partial charge in [-0.2, -0.15) is 0 Å². The zero-order valence-corrected chi connectivity index (χ0v) is 17.6. The maximum absolute atomic E-state index is 9.74. The standard InChI is InChI=1S/C21H29ClN6O/c1-27-8-10-28(11-9-27)14-15-2-7-19(23-12-15)18-13-24-21(22)26-20(18)25-16-3-5-17(29)6-4-16/h2,7,12-13,16-17,29H,3-6,8-11,14H2,1H3,(H,24,25,26)/t16-,17-. The highest BCUT2D eigenvalue weighted by Gasteiger charge is 2.21. The average molecular weight is 417 g/mol. The molecule has 1 saturated carbocycles. The molecule has 2 aliphatic rings. The van der Waals surface area contributed by atoms with Crippen molar-refractivity contribution >= 4 is 17.4 Å². The van der Waals surface area contributed by atoms with Crippen molar-refractivity contribution in [2.75, 3.05) is 38.5 Å². The zero-order chi connectivity index (χ0) is 20.2. The van der Waals surface area contributed by atoms with Gasteiger partial charge in [0.1, 0.15) is 5.82 Å². The molecule has 2 N–H and O–H groups in total. The van der Waals surface area contributed by atoms with E-state index in [2.05, 4.69) is 43.2 Å². The first-order chi connectivity index (χ1) is 14.1. The number of nitrogens with one attached hydrogen (secondary N) is 1. The Kier molecular flexibility index (Phi) is 6.60. The van der Waals surface area contributed by atoms with Crippen molar-refractivity contribution < 1.29 is 5.11 Å². The molecule has 2 aromatic rings. The number of hydrogen-bond donors (Lipinski definition) is 2. The van der Waals surface area contributed by atoms with Crippen molar-refractivity contribution in [3.63, 3.8) is 0 Å². The van der Waals surface area contributed by atoms with E-state index in [9.17, 15) is 5.11 Å². The van der Waals surface area contributed by atoms with Gasteiger partial charge in [-0.1, -0.05) is 6.07 Å². The van der Waals surface area contributed by atoms with E-state index in [-0.39, 0.29) is 17.4 Å². The minimum Gasteiger partial charge on any atom is -0.393 e. The van der Waals surface area contributed by atoms with Gasteiger partial charge in [-0.15, -0.1) is 0 Å². The van der Waals surface area contributed by atoms with Gasteiger partial charge in [0.05, 0.1) is 17.4 Å². The number of aromatic nitrogens is 3. The van der Waals surface area contributed by atoms with Crippen LogP contribution in [0.15, 0.2) is 24.5 Å². The van der Waals surface area contributed by atoms with Crippen LogP contribution >= 0.6 is 11.6 Å². The van der Waals surface area contributed by atoms with Crippen LogP contribution in [-0.2, 0) is 6.54 Å². The lowest BCUT2D eigenvalue weighted by atomic mass is 9.93. The Balaban J connectivity index is 1.46. The number of pyridine rings is 1. The number of hydrogen-bond acceptors (Lipinski definition) is 7. The average Bonchev–Trinajstić information content (AvgIpc) is 2.72. The number of piperazine rings is 1. The molecule has 0 unspecified atom stereocenters. The fraction of sp³-hybridized carbons (Fsp3) is 0.571. The topological polar surface area (TPSA) is 77.4 Å². The summed E-state index contributed by atoms with van der Waals surface area (Å²) in [7, 11) is 2.17. The molecule has 7 nitrogen and oxygen atoms in total. The maximum atomic E-state index is 9.74. The molecule has 1 aliphatic carbocycles. The Morgan fingerprint density at radius 3 is 2.52 bits per heavy atom. The first kappa shape index (κ1) is 20.5. The summed E-state index contributed by atoms with van der Waals surface area (Å²) in [5.74, 6) is 0.714. The minimum atomic E-state index is -0.184. The molecule has 0 amide bonds. The number of anilines is 1. The Morgan fingerprint density at radius 1 is 1.07 bits per heavy atom. The molecular weight excluding hydrogens is 388 g/mol. The Hall–Kier alpha value is -1.80. The Morgan fingerprint density at radius 2 is 1.83 bits per heavy atom. The third kappa shape index (κ3) is 5.42. The molecule has 4 rings (SSSR count). The van der Waals surface area contributed by atoms with E-state index in [1.165, 1.54) is 5.56 Å². The van der Waals surface area contributed by atoms with Gasteiger partial charge in [0.15, 0.2) is 0 Å². The normalized spacial score (nSPS) is 23.8. The lowest BCUT2D eigenvalue weighted by Crippen LogP contribution is -2.43. The number of rotatable bonds is 5. The molecule has 0 spiro atoms. The summed E-state index contributed by atoms with van der Waals surface area (Å²) < 4.78 is 0. The summed E-state index contributed by atoms with van der Waals surface area (Å²) in [6.45, 7) is 5.33. The number of nitrogens with zero attached hydrogens (tertiary/aromatic N) is 5. The van der Waals surface area contributed by atoms with Crippen LogP contribution in [0, 0.1) is 0 Å². The zero-order valence-electron chi connectivity index (χ0n) is 16.9. The van der Waals surface area contributed by atoms with Crippen molar-refractivity contribution in [1.29, 1.82) is 0 Å². The van der Waals surface area contributed by atoms with Gasteiger partial charge in [-0.25, -0.2) is 9.97 Å². The van der Waals surface area contributed by atoms with E-state index in [1.54, 1.807) is 6.20 Å². The molecule has 1 aliphatic heterocycles. The van der Waals surface area contributed by atoms with E-state index in [0.717, 1.165) is 69.7 Å². The van der Waals surface area contributed by atoms with Crippen LogP contribution in [0.5, 0.6) is 0 Å². The molecule has 29 heavy (non-hydrogen) atoms. The number of halogens is 1. The van der Waals surface area contributed by atoms with Crippen LogP contribution in [0.3, 0.4) is 0 Å². The molecular formula is C21H29ClN6O. The van der Waals surface area contributed by atoms with E-state index in [4.69, 9.17) is 11.6 Å². The fourth-order valence-corrected chi connectivity index (χ4v) is 4.15. The third-order valence-electron chi connectivity index (χ3n) is 5.90. The molecule has 156 valence electrons. The third-order valence-corrected chi connectivity index (χ3v) is 6.08. The molecule has 2 aromatic heterocycles. The summed E-state index contributed by atoms with van der Waals surface area (Å²) in [4.78, 5) is 18.1.